The second kappa shape index (κ2) is 9.32. The molecule has 154 valence electrons. The van der Waals surface area contributed by atoms with E-state index >= 15 is 0 Å². The van der Waals surface area contributed by atoms with Crippen molar-refractivity contribution in [2.45, 2.75) is 26.9 Å². The maximum Gasteiger partial charge on any atom is 0.338 e. The van der Waals surface area contributed by atoms with Gasteiger partial charge in [-0.3, -0.25) is 14.5 Å². The Bertz CT molecular complexity index is 1080. The van der Waals surface area contributed by atoms with Crippen LogP contribution in [-0.2, 0) is 22.6 Å². The zero-order chi connectivity index (χ0) is 21.7. The minimum atomic E-state index is -0.565. The third-order valence-corrected chi connectivity index (χ3v) is 5.29. The number of ether oxygens (including phenoxy) is 1. The van der Waals surface area contributed by atoms with E-state index in [1.165, 1.54) is 42.5 Å². The molecule has 0 fully saturated rings. The van der Waals surface area contributed by atoms with Crippen LogP contribution in [0.4, 0.5) is 10.8 Å². The number of anilines is 2. The van der Waals surface area contributed by atoms with Crippen LogP contribution in [0.2, 0.25) is 0 Å². The Kier molecular flexibility index (Phi) is 6.58. The highest BCUT2D eigenvalue weighted by Crippen LogP contribution is 2.31. The van der Waals surface area contributed by atoms with Gasteiger partial charge in [0, 0.05) is 17.9 Å². The largest absolute Gasteiger partial charge is 0.456 e. The first-order valence-corrected chi connectivity index (χ1v) is 10.2. The second-order valence-electron chi connectivity index (χ2n) is 6.48. The Balaban J connectivity index is 1.72. The van der Waals surface area contributed by atoms with E-state index in [-0.39, 0.29) is 12.5 Å². The number of hydrogen-bond acceptors (Lipinski definition) is 6. The van der Waals surface area contributed by atoms with Crippen molar-refractivity contribution in [1.29, 1.82) is 0 Å². The Morgan fingerprint density at radius 3 is 2.37 bits per heavy atom. The Hall–Kier alpha value is -3.52. The molecule has 0 saturated heterocycles. The molecule has 0 aliphatic heterocycles. The SMILES string of the molecule is CCc1ccccc1N(C(C)=O)c1nc(COC(=O)c2ccc(C(N)=O)cc2)cs1. The molecule has 7 nitrogen and oxygen atoms in total. The molecule has 0 saturated carbocycles. The number of primary amides is 1. The summed E-state index contributed by atoms with van der Waals surface area (Å²) >= 11 is 1.30. The van der Waals surface area contributed by atoms with Gasteiger partial charge in [0.2, 0.25) is 11.8 Å². The molecule has 1 heterocycles. The van der Waals surface area contributed by atoms with Gasteiger partial charge in [0.05, 0.1) is 16.9 Å². The monoisotopic (exact) mass is 423 g/mol. The third-order valence-electron chi connectivity index (χ3n) is 4.42. The number of carbonyl (C=O) groups is 3. The maximum atomic E-state index is 12.3. The van der Waals surface area contributed by atoms with Gasteiger partial charge in [-0.2, -0.15) is 0 Å². The predicted octanol–water partition coefficient (Wildman–Crippen LogP) is 3.85. The van der Waals surface area contributed by atoms with Crippen LogP contribution in [-0.4, -0.2) is 22.8 Å². The molecule has 30 heavy (non-hydrogen) atoms. The lowest BCUT2D eigenvalue weighted by atomic mass is 10.1. The van der Waals surface area contributed by atoms with E-state index in [1.54, 1.807) is 10.3 Å². The summed E-state index contributed by atoms with van der Waals surface area (Å²) in [5.74, 6) is -1.26. The van der Waals surface area contributed by atoms with Crippen molar-refractivity contribution < 1.29 is 19.1 Å². The minimum absolute atomic E-state index is 0.0337. The van der Waals surface area contributed by atoms with Gasteiger partial charge >= 0.3 is 5.97 Å². The van der Waals surface area contributed by atoms with Crippen LogP contribution in [0.25, 0.3) is 0 Å². The number of nitrogens with two attached hydrogens (primary N) is 1. The highest BCUT2D eigenvalue weighted by molar-refractivity contribution is 7.14. The summed E-state index contributed by atoms with van der Waals surface area (Å²) in [6, 6.07) is 13.6. The van der Waals surface area contributed by atoms with E-state index in [4.69, 9.17) is 10.5 Å². The van der Waals surface area contributed by atoms with Crippen LogP contribution >= 0.6 is 11.3 Å². The van der Waals surface area contributed by atoms with E-state index < -0.39 is 11.9 Å². The molecule has 0 aliphatic carbocycles. The summed E-state index contributed by atoms with van der Waals surface area (Å²) in [7, 11) is 0. The fourth-order valence-electron chi connectivity index (χ4n) is 2.89. The van der Waals surface area contributed by atoms with Crippen LogP contribution < -0.4 is 10.6 Å². The van der Waals surface area contributed by atoms with Crippen molar-refractivity contribution in [1.82, 2.24) is 4.98 Å². The number of aryl methyl sites for hydroxylation is 1. The van der Waals surface area contributed by atoms with Gasteiger partial charge in [-0.1, -0.05) is 25.1 Å². The number of amides is 2. The molecule has 0 aliphatic rings. The van der Waals surface area contributed by atoms with E-state index in [0.29, 0.717) is 22.0 Å². The molecule has 8 heteroatoms. The smallest absolute Gasteiger partial charge is 0.338 e. The average molecular weight is 423 g/mol. The molecule has 0 radical (unpaired) electrons. The Labute approximate surface area is 178 Å². The van der Waals surface area contributed by atoms with Gasteiger partial charge in [-0.05, 0) is 42.3 Å². The van der Waals surface area contributed by atoms with Crippen molar-refractivity contribution in [2.75, 3.05) is 4.90 Å². The van der Waals surface area contributed by atoms with Gasteiger partial charge in [-0.15, -0.1) is 11.3 Å². The number of nitrogens with zero attached hydrogens (tertiary/aromatic N) is 2. The Morgan fingerprint density at radius 1 is 1.07 bits per heavy atom. The van der Waals surface area contributed by atoms with Crippen LogP contribution in [0, 0.1) is 0 Å². The zero-order valence-corrected chi connectivity index (χ0v) is 17.4. The number of para-hydroxylation sites is 1. The molecule has 0 atom stereocenters. The summed E-state index contributed by atoms with van der Waals surface area (Å²) in [5, 5.41) is 2.27. The predicted molar refractivity (Wildman–Crippen MR) is 115 cm³/mol. The summed E-state index contributed by atoms with van der Waals surface area (Å²) in [4.78, 5) is 41.7. The highest BCUT2D eigenvalue weighted by atomic mass is 32.1. The van der Waals surface area contributed by atoms with E-state index in [0.717, 1.165) is 17.7 Å². The molecule has 3 rings (SSSR count). The van der Waals surface area contributed by atoms with Crippen molar-refractivity contribution in [3.05, 3.63) is 76.3 Å². The number of hydrogen-bond donors (Lipinski definition) is 1. The molecule has 0 bridgehead atoms. The normalized spacial score (nSPS) is 10.5. The van der Waals surface area contributed by atoms with Crippen molar-refractivity contribution in [3.63, 3.8) is 0 Å². The lowest BCUT2D eigenvalue weighted by molar-refractivity contribution is -0.115. The van der Waals surface area contributed by atoms with Crippen molar-refractivity contribution >= 4 is 39.9 Å². The van der Waals surface area contributed by atoms with E-state index in [2.05, 4.69) is 4.98 Å². The van der Waals surface area contributed by atoms with E-state index in [9.17, 15) is 14.4 Å². The maximum absolute atomic E-state index is 12.3. The summed E-state index contributed by atoms with van der Waals surface area (Å²) in [5.41, 5.74) is 8.18. The van der Waals surface area contributed by atoms with Crippen molar-refractivity contribution in [3.8, 4) is 0 Å². The number of rotatable bonds is 7. The fraction of sp³-hybridized carbons (Fsp3) is 0.182. The lowest BCUT2D eigenvalue weighted by Crippen LogP contribution is -2.23. The van der Waals surface area contributed by atoms with Gasteiger partial charge in [0.25, 0.3) is 0 Å². The first kappa shape index (κ1) is 21.2. The average Bonchev–Trinajstić information content (AvgIpc) is 3.20. The van der Waals surface area contributed by atoms with Crippen LogP contribution in [0.1, 0.15) is 45.8 Å². The standard InChI is InChI=1S/C22H21N3O4S/c1-3-15-6-4-5-7-19(15)25(14(2)26)22-24-18(13-30-22)12-29-21(28)17-10-8-16(9-11-17)20(23)27/h4-11,13H,3,12H2,1-2H3,(H2,23,27). The van der Waals surface area contributed by atoms with E-state index in [1.807, 2.05) is 31.2 Å². The van der Waals surface area contributed by atoms with Gasteiger partial charge in [-0.25, -0.2) is 9.78 Å². The molecule has 0 spiro atoms. The molecule has 1 aromatic heterocycles. The topological polar surface area (TPSA) is 103 Å². The third kappa shape index (κ3) is 4.72. The first-order valence-electron chi connectivity index (χ1n) is 9.30. The van der Waals surface area contributed by atoms with Gasteiger partial charge < -0.3 is 10.5 Å². The molecule has 0 unspecified atom stereocenters. The second-order valence-corrected chi connectivity index (χ2v) is 7.31. The number of aromatic nitrogens is 1. The summed E-state index contributed by atoms with van der Waals surface area (Å²) in [6.45, 7) is 3.48. The van der Waals surface area contributed by atoms with Gasteiger partial charge in [0.1, 0.15) is 6.61 Å². The number of esters is 1. The van der Waals surface area contributed by atoms with Gasteiger partial charge in [0.15, 0.2) is 5.13 Å². The first-order chi connectivity index (χ1) is 14.4. The Morgan fingerprint density at radius 2 is 1.73 bits per heavy atom. The zero-order valence-electron chi connectivity index (χ0n) is 16.6. The summed E-state index contributed by atoms with van der Waals surface area (Å²) in [6.07, 6.45) is 0.782. The molecular weight excluding hydrogens is 402 g/mol. The highest BCUT2D eigenvalue weighted by Gasteiger charge is 2.20. The molecule has 2 amide bonds. The number of carbonyl (C=O) groups excluding carboxylic acids is 3. The molecular formula is C22H21N3O4S. The van der Waals surface area contributed by atoms with Crippen LogP contribution in [0.15, 0.2) is 53.9 Å². The number of thiazole rings is 1. The fourth-order valence-corrected chi connectivity index (χ4v) is 3.76. The number of benzene rings is 2. The lowest BCUT2D eigenvalue weighted by Gasteiger charge is -2.20. The van der Waals surface area contributed by atoms with Crippen LogP contribution in [0.5, 0.6) is 0 Å². The van der Waals surface area contributed by atoms with Crippen LogP contribution in [0.3, 0.4) is 0 Å². The van der Waals surface area contributed by atoms with Crippen molar-refractivity contribution in [2.24, 2.45) is 5.73 Å². The minimum Gasteiger partial charge on any atom is -0.456 e. The molecule has 2 N–H and O–H groups in total. The molecule has 2 aromatic carbocycles. The summed E-state index contributed by atoms with van der Waals surface area (Å²) < 4.78 is 5.30. The quantitative estimate of drug-likeness (QED) is 0.582. The molecule has 3 aromatic rings.